The first-order chi connectivity index (χ1) is 8.52. The van der Waals surface area contributed by atoms with E-state index in [0.717, 1.165) is 18.9 Å². The Balaban J connectivity index is 2.62. The lowest BCUT2D eigenvalue weighted by atomic mass is 10.0. The summed E-state index contributed by atoms with van der Waals surface area (Å²) in [6.07, 6.45) is 2.39. The summed E-state index contributed by atoms with van der Waals surface area (Å²) in [5, 5.41) is 6.01. The van der Waals surface area contributed by atoms with Gasteiger partial charge in [-0.2, -0.15) is 0 Å². The molecule has 1 aromatic rings. The van der Waals surface area contributed by atoms with Gasteiger partial charge in [-0.15, -0.1) is 11.3 Å². The molecular formula is C15H28N2S. The summed E-state index contributed by atoms with van der Waals surface area (Å²) in [5.74, 6) is 0.739. The van der Waals surface area contributed by atoms with Crippen LogP contribution in [0.2, 0.25) is 0 Å². The molecule has 2 atom stereocenters. The van der Waals surface area contributed by atoms with Gasteiger partial charge >= 0.3 is 0 Å². The fraction of sp³-hybridized carbons (Fsp3) is 0.733. The molecule has 0 aromatic carbocycles. The molecule has 0 aliphatic heterocycles. The minimum atomic E-state index is 0.508. The normalized spacial score (nSPS) is 15.3. The van der Waals surface area contributed by atoms with Gasteiger partial charge in [0.1, 0.15) is 0 Å². The maximum Gasteiger partial charge on any atom is 0.0414 e. The average Bonchev–Trinajstić information content (AvgIpc) is 2.77. The van der Waals surface area contributed by atoms with E-state index >= 15 is 0 Å². The highest BCUT2D eigenvalue weighted by Gasteiger charge is 2.18. The van der Waals surface area contributed by atoms with Gasteiger partial charge in [-0.05, 0) is 44.3 Å². The Bertz CT molecular complexity index is 296. The molecule has 0 amide bonds. The number of hydrogen-bond acceptors (Lipinski definition) is 3. The molecule has 0 spiro atoms. The summed E-state index contributed by atoms with van der Waals surface area (Å²) >= 11 is 1.86. The Kier molecular flexibility index (Phi) is 6.90. The van der Waals surface area contributed by atoms with Gasteiger partial charge in [0.15, 0.2) is 0 Å². The van der Waals surface area contributed by atoms with Crippen LogP contribution < -0.4 is 5.32 Å². The van der Waals surface area contributed by atoms with E-state index < -0.39 is 0 Å². The van der Waals surface area contributed by atoms with E-state index in [1.807, 2.05) is 11.3 Å². The van der Waals surface area contributed by atoms with Gasteiger partial charge in [0, 0.05) is 23.5 Å². The van der Waals surface area contributed by atoms with E-state index in [2.05, 4.69) is 62.6 Å². The lowest BCUT2D eigenvalue weighted by molar-refractivity contribution is 0.285. The molecule has 2 nitrogen and oxygen atoms in total. The zero-order valence-corrected chi connectivity index (χ0v) is 13.3. The molecule has 0 aliphatic carbocycles. The Morgan fingerprint density at radius 2 is 2.06 bits per heavy atom. The van der Waals surface area contributed by atoms with Crippen LogP contribution >= 0.6 is 11.3 Å². The molecule has 18 heavy (non-hydrogen) atoms. The monoisotopic (exact) mass is 268 g/mol. The molecule has 0 bridgehead atoms. The van der Waals surface area contributed by atoms with Crippen molar-refractivity contribution in [3.63, 3.8) is 0 Å². The topological polar surface area (TPSA) is 15.3 Å². The van der Waals surface area contributed by atoms with E-state index in [4.69, 9.17) is 0 Å². The molecule has 2 unspecified atom stereocenters. The van der Waals surface area contributed by atoms with Gasteiger partial charge in [-0.25, -0.2) is 0 Å². The molecule has 0 saturated carbocycles. The maximum absolute atomic E-state index is 3.84. The second kappa shape index (κ2) is 7.93. The molecule has 0 aliphatic rings. The van der Waals surface area contributed by atoms with Crippen LogP contribution in [0.5, 0.6) is 0 Å². The summed E-state index contributed by atoms with van der Waals surface area (Å²) in [5.41, 5.74) is 0. The number of hydrogen-bond donors (Lipinski definition) is 1. The fourth-order valence-corrected chi connectivity index (χ4v) is 3.25. The van der Waals surface area contributed by atoms with Crippen LogP contribution in [0.4, 0.5) is 0 Å². The summed E-state index contributed by atoms with van der Waals surface area (Å²) in [6.45, 7) is 7.98. The first-order valence-electron chi connectivity index (χ1n) is 6.97. The van der Waals surface area contributed by atoms with Crippen molar-refractivity contribution in [1.29, 1.82) is 0 Å². The van der Waals surface area contributed by atoms with Crippen molar-refractivity contribution in [2.45, 2.75) is 45.7 Å². The number of nitrogens with one attached hydrogen (secondary N) is 1. The van der Waals surface area contributed by atoms with E-state index in [0.29, 0.717) is 12.1 Å². The molecule has 1 aromatic heterocycles. The molecule has 104 valence electrons. The number of likely N-dealkylation sites (N-methyl/N-ethyl adjacent to an activating group) is 1. The van der Waals surface area contributed by atoms with Crippen LogP contribution in [0.15, 0.2) is 17.5 Å². The minimum absolute atomic E-state index is 0.508. The van der Waals surface area contributed by atoms with Gasteiger partial charge in [-0.3, -0.25) is 0 Å². The standard InChI is InChI=1S/C15H28N2S/c1-6-14(15-8-7-9-18-15)16-13(10-12(2)3)11-17(4)5/h7-9,12-14,16H,6,10-11H2,1-5H3. The molecule has 1 heterocycles. The third kappa shape index (κ3) is 5.51. The molecule has 1 rings (SSSR count). The quantitative estimate of drug-likeness (QED) is 0.772. The Labute approximate surface area is 116 Å². The smallest absolute Gasteiger partial charge is 0.0414 e. The van der Waals surface area contributed by atoms with E-state index in [1.165, 1.54) is 11.3 Å². The third-order valence-corrected chi connectivity index (χ3v) is 4.06. The minimum Gasteiger partial charge on any atom is -0.308 e. The Hall–Kier alpha value is -0.380. The second-order valence-corrected chi connectivity index (χ2v) is 6.71. The van der Waals surface area contributed by atoms with E-state index in [1.54, 1.807) is 0 Å². The van der Waals surface area contributed by atoms with Gasteiger partial charge in [-0.1, -0.05) is 26.8 Å². The van der Waals surface area contributed by atoms with Crippen LogP contribution in [-0.4, -0.2) is 31.6 Å². The molecule has 0 radical (unpaired) electrons. The number of nitrogens with zero attached hydrogens (tertiary/aromatic N) is 1. The Morgan fingerprint density at radius 3 is 2.50 bits per heavy atom. The Morgan fingerprint density at radius 1 is 1.33 bits per heavy atom. The van der Waals surface area contributed by atoms with Gasteiger partial charge in [0.05, 0.1) is 0 Å². The number of rotatable bonds is 8. The second-order valence-electron chi connectivity index (χ2n) is 5.73. The summed E-state index contributed by atoms with van der Waals surface area (Å²) in [4.78, 5) is 3.74. The third-order valence-electron chi connectivity index (χ3n) is 3.07. The SMILES string of the molecule is CCC(NC(CC(C)C)CN(C)C)c1cccs1. The lowest BCUT2D eigenvalue weighted by Crippen LogP contribution is -2.40. The van der Waals surface area contributed by atoms with E-state index in [-0.39, 0.29) is 0 Å². The largest absolute Gasteiger partial charge is 0.308 e. The van der Waals surface area contributed by atoms with Gasteiger partial charge in [0.2, 0.25) is 0 Å². The maximum atomic E-state index is 3.84. The van der Waals surface area contributed by atoms with Crippen molar-refractivity contribution < 1.29 is 0 Å². The lowest BCUT2D eigenvalue weighted by Gasteiger charge is -2.28. The molecule has 0 fully saturated rings. The molecule has 3 heteroatoms. The highest BCUT2D eigenvalue weighted by molar-refractivity contribution is 7.10. The van der Waals surface area contributed by atoms with Crippen molar-refractivity contribution in [1.82, 2.24) is 10.2 Å². The van der Waals surface area contributed by atoms with Crippen molar-refractivity contribution in [2.75, 3.05) is 20.6 Å². The predicted molar refractivity (Wildman–Crippen MR) is 82.3 cm³/mol. The predicted octanol–water partition coefficient (Wildman–Crippen LogP) is 3.77. The van der Waals surface area contributed by atoms with Crippen molar-refractivity contribution in [2.24, 2.45) is 5.92 Å². The number of thiophene rings is 1. The van der Waals surface area contributed by atoms with Gasteiger partial charge in [0.25, 0.3) is 0 Å². The summed E-state index contributed by atoms with van der Waals surface area (Å²) in [7, 11) is 4.31. The van der Waals surface area contributed by atoms with Crippen molar-refractivity contribution in [3.05, 3.63) is 22.4 Å². The van der Waals surface area contributed by atoms with Crippen LogP contribution in [0, 0.1) is 5.92 Å². The summed E-state index contributed by atoms with van der Waals surface area (Å²) < 4.78 is 0. The average molecular weight is 268 g/mol. The highest BCUT2D eigenvalue weighted by Crippen LogP contribution is 2.23. The van der Waals surface area contributed by atoms with Crippen LogP contribution in [-0.2, 0) is 0 Å². The fourth-order valence-electron chi connectivity index (χ4n) is 2.38. The first kappa shape index (κ1) is 15.7. The first-order valence-corrected chi connectivity index (χ1v) is 7.85. The zero-order valence-electron chi connectivity index (χ0n) is 12.4. The molecule has 0 saturated heterocycles. The van der Waals surface area contributed by atoms with Crippen LogP contribution in [0.25, 0.3) is 0 Å². The van der Waals surface area contributed by atoms with Crippen LogP contribution in [0.1, 0.15) is 44.5 Å². The highest BCUT2D eigenvalue weighted by atomic mass is 32.1. The zero-order chi connectivity index (χ0) is 13.5. The molecular weight excluding hydrogens is 240 g/mol. The van der Waals surface area contributed by atoms with Crippen LogP contribution in [0.3, 0.4) is 0 Å². The van der Waals surface area contributed by atoms with Crippen molar-refractivity contribution in [3.8, 4) is 0 Å². The van der Waals surface area contributed by atoms with Crippen molar-refractivity contribution >= 4 is 11.3 Å². The van der Waals surface area contributed by atoms with E-state index in [9.17, 15) is 0 Å². The summed E-state index contributed by atoms with van der Waals surface area (Å²) in [6, 6.07) is 5.47. The molecule has 1 N–H and O–H groups in total. The van der Waals surface area contributed by atoms with Gasteiger partial charge < -0.3 is 10.2 Å².